The summed E-state index contributed by atoms with van der Waals surface area (Å²) in [7, 11) is 0. The van der Waals surface area contributed by atoms with Gasteiger partial charge in [-0.3, -0.25) is 4.90 Å². The van der Waals surface area contributed by atoms with Crippen LogP contribution in [0.15, 0.2) is 60.8 Å². The van der Waals surface area contributed by atoms with E-state index < -0.39 is 0 Å². The third-order valence-corrected chi connectivity index (χ3v) is 4.53. The van der Waals surface area contributed by atoms with Crippen LogP contribution in [0.4, 0.5) is 0 Å². The van der Waals surface area contributed by atoms with Crippen molar-refractivity contribution >= 4 is 11.6 Å². The van der Waals surface area contributed by atoms with Crippen molar-refractivity contribution < 1.29 is 4.74 Å². The normalized spacial score (nSPS) is 17.9. The van der Waals surface area contributed by atoms with Crippen molar-refractivity contribution in [3.63, 3.8) is 0 Å². The van der Waals surface area contributed by atoms with Crippen molar-refractivity contribution in [3.05, 3.63) is 82.6 Å². The molecule has 1 saturated heterocycles. The molecule has 5 nitrogen and oxygen atoms in total. The Hall–Kier alpha value is -2.21. The Morgan fingerprint density at radius 1 is 1.00 bits per heavy atom. The fourth-order valence-electron chi connectivity index (χ4n) is 3.04. The molecule has 1 aliphatic heterocycles. The van der Waals surface area contributed by atoms with Gasteiger partial charge in [0.1, 0.15) is 5.69 Å². The minimum absolute atomic E-state index is 0.140. The Labute approximate surface area is 151 Å². The van der Waals surface area contributed by atoms with Gasteiger partial charge < -0.3 is 4.74 Å². The van der Waals surface area contributed by atoms with Crippen LogP contribution in [0.3, 0.4) is 0 Å². The first-order valence-corrected chi connectivity index (χ1v) is 8.70. The van der Waals surface area contributed by atoms with E-state index in [4.69, 9.17) is 16.3 Å². The summed E-state index contributed by atoms with van der Waals surface area (Å²) in [6.45, 7) is 3.11. The van der Waals surface area contributed by atoms with Crippen molar-refractivity contribution in [3.8, 4) is 0 Å². The molecule has 25 heavy (non-hydrogen) atoms. The summed E-state index contributed by atoms with van der Waals surface area (Å²) in [5.41, 5.74) is 3.25. The number of nitrogens with zero attached hydrogens (tertiary/aromatic N) is 4. The topological polar surface area (TPSA) is 43.2 Å². The molecule has 2 heterocycles. The number of benzene rings is 2. The van der Waals surface area contributed by atoms with Gasteiger partial charge in [-0.1, -0.05) is 59.3 Å². The third kappa shape index (κ3) is 3.90. The van der Waals surface area contributed by atoms with Crippen LogP contribution in [-0.4, -0.2) is 33.0 Å². The number of aromatic nitrogens is 3. The second kappa shape index (κ2) is 7.35. The largest absolute Gasteiger partial charge is 0.356 e. The average Bonchev–Trinajstić information content (AvgIpc) is 3.27. The molecule has 0 N–H and O–H groups in total. The predicted molar refractivity (Wildman–Crippen MR) is 96.1 cm³/mol. The molecule has 1 fully saturated rings. The number of hydrogen-bond acceptors (Lipinski definition) is 4. The van der Waals surface area contributed by atoms with Gasteiger partial charge in [-0.25, -0.2) is 4.68 Å². The van der Waals surface area contributed by atoms with Gasteiger partial charge in [0.2, 0.25) is 0 Å². The van der Waals surface area contributed by atoms with E-state index in [2.05, 4.69) is 39.5 Å². The standard InChI is InChI=1S/C19H19ClN4O/c20-17-8-6-16(7-9-17)13-24-14-18(21-22-24)19-23(10-11-25-19)12-15-4-2-1-3-5-15/h1-9,14,19H,10-13H2/t19-/m1/s1. The third-order valence-electron chi connectivity index (χ3n) is 4.28. The summed E-state index contributed by atoms with van der Waals surface area (Å²) < 4.78 is 7.73. The molecule has 0 radical (unpaired) electrons. The van der Waals surface area contributed by atoms with E-state index in [-0.39, 0.29) is 6.23 Å². The molecule has 1 aliphatic rings. The van der Waals surface area contributed by atoms with E-state index >= 15 is 0 Å². The summed E-state index contributed by atoms with van der Waals surface area (Å²) in [4.78, 5) is 2.28. The van der Waals surface area contributed by atoms with Crippen LogP contribution >= 0.6 is 11.6 Å². The molecule has 6 heteroatoms. The fraction of sp³-hybridized carbons (Fsp3) is 0.263. The summed E-state index contributed by atoms with van der Waals surface area (Å²) in [5.74, 6) is 0. The van der Waals surface area contributed by atoms with Crippen LogP contribution in [0.25, 0.3) is 0 Å². The molecule has 0 bridgehead atoms. The van der Waals surface area contributed by atoms with Crippen molar-refractivity contribution in [2.75, 3.05) is 13.2 Å². The highest BCUT2D eigenvalue weighted by Gasteiger charge is 2.29. The zero-order chi connectivity index (χ0) is 17.1. The first-order valence-electron chi connectivity index (χ1n) is 8.32. The number of rotatable bonds is 5. The Morgan fingerprint density at radius 3 is 2.56 bits per heavy atom. The van der Waals surface area contributed by atoms with Crippen LogP contribution in [-0.2, 0) is 17.8 Å². The van der Waals surface area contributed by atoms with Crippen LogP contribution in [0, 0.1) is 0 Å². The SMILES string of the molecule is Clc1ccc(Cn2cc([C@H]3OCCN3Cc3ccccc3)nn2)cc1. The minimum atomic E-state index is -0.140. The lowest BCUT2D eigenvalue weighted by molar-refractivity contribution is 0.0252. The lowest BCUT2D eigenvalue weighted by atomic mass is 10.2. The second-order valence-corrected chi connectivity index (χ2v) is 6.58. The van der Waals surface area contributed by atoms with Gasteiger partial charge in [0.05, 0.1) is 19.3 Å². The van der Waals surface area contributed by atoms with Crippen molar-refractivity contribution in [2.45, 2.75) is 19.3 Å². The highest BCUT2D eigenvalue weighted by atomic mass is 35.5. The molecule has 0 saturated carbocycles. The molecule has 4 rings (SSSR count). The second-order valence-electron chi connectivity index (χ2n) is 6.15. The maximum Gasteiger partial charge on any atom is 0.157 e. The quantitative estimate of drug-likeness (QED) is 0.703. The van der Waals surface area contributed by atoms with E-state index in [9.17, 15) is 0 Å². The van der Waals surface area contributed by atoms with Gasteiger partial charge in [-0.05, 0) is 23.3 Å². The van der Waals surface area contributed by atoms with Crippen LogP contribution in [0.2, 0.25) is 5.02 Å². The van der Waals surface area contributed by atoms with Crippen LogP contribution in [0.5, 0.6) is 0 Å². The van der Waals surface area contributed by atoms with Gasteiger partial charge in [0.25, 0.3) is 0 Å². The van der Waals surface area contributed by atoms with E-state index in [1.807, 2.05) is 41.2 Å². The molecule has 0 unspecified atom stereocenters. The summed E-state index contributed by atoms with van der Waals surface area (Å²) in [6, 6.07) is 18.2. The Morgan fingerprint density at radius 2 is 1.76 bits per heavy atom. The number of halogens is 1. The molecule has 3 aromatic rings. The van der Waals surface area contributed by atoms with Gasteiger partial charge in [-0.15, -0.1) is 5.10 Å². The van der Waals surface area contributed by atoms with E-state index in [1.54, 1.807) is 0 Å². The fourth-order valence-corrected chi connectivity index (χ4v) is 3.16. The van der Waals surface area contributed by atoms with Crippen molar-refractivity contribution in [1.82, 2.24) is 19.9 Å². The zero-order valence-electron chi connectivity index (χ0n) is 13.8. The molecular weight excluding hydrogens is 336 g/mol. The average molecular weight is 355 g/mol. The van der Waals surface area contributed by atoms with E-state index in [0.29, 0.717) is 13.2 Å². The molecule has 0 spiro atoms. The molecule has 0 aliphatic carbocycles. The summed E-state index contributed by atoms with van der Waals surface area (Å²) >= 11 is 5.93. The predicted octanol–water partition coefficient (Wildman–Crippen LogP) is 3.51. The monoisotopic (exact) mass is 354 g/mol. The van der Waals surface area contributed by atoms with Crippen LogP contribution in [0.1, 0.15) is 23.0 Å². The Kier molecular flexibility index (Phi) is 4.78. The maximum atomic E-state index is 5.93. The molecule has 2 aromatic carbocycles. The highest BCUT2D eigenvalue weighted by molar-refractivity contribution is 6.30. The summed E-state index contributed by atoms with van der Waals surface area (Å²) in [5, 5.41) is 9.31. The zero-order valence-corrected chi connectivity index (χ0v) is 14.5. The van der Waals surface area contributed by atoms with Gasteiger partial charge in [0.15, 0.2) is 6.23 Å². The minimum Gasteiger partial charge on any atom is -0.356 e. The highest BCUT2D eigenvalue weighted by Crippen LogP contribution is 2.27. The molecule has 1 aromatic heterocycles. The lowest BCUT2D eigenvalue weighted by Crippen LogP contribution is -2.23. The van der Waals surface area contributed by atoms with Crippen molar-refractivity contribution in [2.24, 2.45) is 0 Å². The Bertz CT molecular complexity index is 819. The smallest absolute Gasteiger partial charge is 0.157 e. The number of hydrogen-bond donors (Lipinski definition) is 0. The maximum absolute atomic E-state index is 5.93. The molecule has 0 amide bonds. The Balaban J connectivity index is 1.46. The van der Waals surface area contributed by atoms with Crippen LogP contribution < -0.4 is 0 Å². The molecule has 128 valence electrons. The van der Waals surface area contributed by atoms with Crippen molar-refractivity contribution in [1.29, 1.82) is 0 Å². The molecule has 1 atom stereocenters. The molecular formula is C19H19ClN4O. The lowest BCUT2D eigenvalue weighted by Gasteiger charge is -2.20. The van der Waals surface area contributed by atoms with Gasteiger partial charge >= 0.3 is 0 Å². The first kappa shape index (κ1) is 16.3. The van der Waals surface area contributed by atoms with E-state index in [0.717, 1.165) is 29.4 Å². The van der Waals surface area contributed by atoms with E-state index in [1.165, 1.54) is 5.56 Å². The van der Waals surface area contributed by atoms with Gasteiger partial charge in [-0.2, -0.15) is 0 Å². The van der Waals surface area contributed by atoms with Gasteiger partial charge in [0, 0.05) is 18.1 Å². The summed E-state index contributed by atoms with van der Waals surface area (Å²) in [6.07, 6.45) is 1.82. The first-order chi connectivity index (χ1) is 12.3. The number of ether oxygens (including phenoxy) is 1.